The van der Waals surface area contributed by atoms with Crippen molar-refractivity contribution in [2.45, 2.75) is 44.4 Å². The van der Waals surface area contributed by atoms with Crippen LogP contribution in [0.1, 0.15) is 42.9 Å². The van der Waals surface area contributed by atoms with Gasteiger partial charge in [0.15, 0.2) is 17.2 Å². The Hall–Kier alpha value is -3.34. The molecule has 0 saturated carbocycles. The van der Waals surface area contributed by atoms with Crippen molar-refractivity contribution >= 4 is 5.91 Å². The second kappa shape index (κ2) is 12.5. The Morgan fingerprint density at radius 2 is 1.74 bits per heavy atom. The highest BCUT2D eigenvalue weighted by Crippen LogP contribution is 2.50. The first-order valence-corrected chi connectivity index (χ1v) is 12.7. The molecule has 1 saturated heterocycles. The van der Waals surface area contributed by atoms with E-state index in [1.54, 1.807) is 32.5 Å². The minimum absolute atomic E-state index is 0.00255. The predicted molar refractivity (Wildman–Crippen MR) is 141 cm³/mol. The number of ether oxygens (including phenoxy) is 5. The van der Waals surface area contributed by atoms with E-state index in [1.807, 2.05) is 12.1 Å². The largest absolute Gasteiger partial charge is 0.493 e. The summed E-state index contributed by atoms with van der Waals surface area (Å²) in [7, 11) is 7.68. The van der Waals surface area contributed by atoms with Gasteiger partial charge in [0.05, 0.1) is 41.6 Å². The van der Waals surface area contributed by atoms with Gasteiger partial charge >= 0.3 is 0 Å². The average Bonchev–Trinajstić information content (AvgIpc) is 3.19. The van der Waals surface area contributed by atoms with Crippen molar-refractivity contribution in [2.75, 3.05) is 48.7 Å². The fourth-order valence-corrected chi connectivity index (χ4v) is 5.23. The SMILES string of the molecule is COc1cc2c(c(OC)c1OC)-c1ccc(OC)c(=O)cc1[C@@H](NC(=O)CN(OC)[C@H]1CCCCO1)CC2. The number of methoxy groups -OCH3 is 4. The maximum Gasteiger partial charge on any atom is 0.237 e. The van der Waals surface area contributed by atoms with E-state index in [0.717, 1.165) is 36.0 Å². The normalized spacial score (nSPS) is 18.6. The van der Waals surface area contributed by atoms with Gasteiger partial charge in [0.1, 0.15) is 12.8 Å². The Balaban J connectivity index is 1.77. The Kier molecular flexibility index (Phi) is 9.09. The van der Waals surface area contributed by atoms with Crippen molar-refractivity contribution in [3.63, 3.8) is 0 Å². The summed E-state index contributed by atoms with van der Waals surface area (Å²) in [5.74, 6) is 1.44. The topological polar surface area (TPSA) is 105 Å². The van der Waals surface area contributed by atoms with Gasteiger partial charge in [-0.3, -0.25) is 14.4 Å². The molecule has 4 rings (SSSR count). The van der Waals surface area contributed by atoms with E-state index in [0.29, 0.717) is 42.3 Å². The predicted octanol–water partition coefficient (Wildman–Crippen LogP) is 3.24. The Bertz CT molecular complexity index is 1210. The van der Waals surface area contributed by atoms with Crippen molar-refractivity contribution in [1.82, 2.24) is 10.4 Å². The first-order valence-electron chi connectivity index (χ1n) is 12.7. The summed E-state index contributed by atoms with van der Waals surface area (Å²) < 4.78 is 28.1. The second-order valence-corrected chi connectivity index (χ2v) is 9.20. The van der Waals surface area contributed by atoms with Crippen LogP contribution in [0.15, 0.2) is 29.1 Å². The molecule has 0 unspecified atom stereocenters. The number of benzene rings is 1. The smallest absolute Gasteiger partial charge is 0.237 e. The van der Waals surface area contributed by atoms with Crippen LogP contribution in [-0.2, 0) is 20.8 Å². The highest BCUT2D eigenvalue weighted by atomic mass is 16.7. The van der Waals surface area contributed by atoms with Gasteiger partial charge in [0, 0.05) is 12.2 Å². The first-order chi connectivity index (χ1) is 18.4. The molecule has 0 spiro atoms. The fourth-order valence-electron chi connectivity index (χ4n) is 5.23. The van der Waals surface area contributed by atoms with Crippen molar-refractivity contribution in [3.05, 3.63) is 45.6 Å². The molecule has 206 valence electrons. The number of carbonyl (C=O) groups excluding carboxylic acids is 1. The number of carbonyl (C=O) groups is 1. The van der Waals surface area contributed by atoms with E-state index in [4.69, 9.17) is 28.5 Å². The van der Waals surface area contributed by atoms with Crippen LogP contribution in [0.4, 0.5) is 0 Å². The average molecular weight is 529 g/mol. The number of hydrogen-bond acceptors (Lipinski definition) is 9. The Labute approximate surface area is 222 Å². The van der Waals surface area contributed by atoms with E-state index in [-0.39, 0.29) is 29.9 Å². The zero-order valence-corrected chi connectivity index (χ0v) is 22.6. The molecule has 0 bridgehead atoms. The molecule has 1 aliphatic heterocycles. The third-order valence-electron chi connectivity index (χ3n) is 7.07. The highest BCUT2D eigenvalue weighted by Gasteiger charge is 2.31. The molecule has 0 aromatic heterocycles. The lowest BCUT2D eigenvalue weighted by molar-refractivity contribution is -0.244. The summed E-state index contributed by atoms with van der Waals surface area (Å²) in [5.41, 5.74) is 2.84. The summed E-state index contributed by atoms with van der Waals surface area (Å²) in [6.07, 6.45) is 3.67. The summed E-state index contributed by atoms with van der Waals surface area (Å²) >= 11 is 0. The number of nitrogens with zero attached hydrogens (tertiary/aromatic N) is 1. The quantitative estimate of drug-likeness (QED) is 0.491. The number of fused-ring (bicyclic) bond motifs is 3. The number of hydrogen-bond donors (Lipinski definition) is 1. The molecule has 38 heavy (non-hydrogen) atoms. The minimum atomic E-state index is -0.456. The van der Waals surface area contributed by atoms with Crippen LogP contribution in [0.3, 0.4) is 0 Å². The zero-order chi connectivity index (χ0) is 27.2. The monoisotopic (exact) mass is 528 g/mol. The van der Waals surface area contributed by atoms with Crippen molar-refractivity contribution in [1.29, 1.82) is 0 Å². The van der Waals surface area contributed by atoms with Gasteiger partial charge in [0.2, 0.25) is 17.1 Å². The third-order valence-corrected chi connectivity index (χ3v) is 7.07. The van der Waals surface area contributed by atoms with E-state index in [2.05, 4.69) is 5.32 Å². The van der Waals surface area contributed by atoms with Gasteiger partial charge in [-0.2, -0.15) is 5.06 Å². The van der Waals surface area contributed by atoms with Crippen LogP contribution in [-0.4, -0.2) is 65.9 Å². The molecule has 2 aromatic carbocycles. The van der Waals surface area contributed by atoms with Crippen LogP contribution in [0.25, 0.3) is 11.1 Å². The lowest BCUT2D eigenvalue weighted by Gasteiger charge is -2.32. The van der Waals surface area contributed by atoms with Crippen LogP contribution >= 0.6 is 0 Å². The van der Waals surface area contributed by atoms with Crippen LogP contribution in [0, 0.1) is 0 Å². The van der Waals surface area contributed by atoms with E-state index in [1.165, 1.54) is 20.3 Å². The number of hydroxylamine groups is 2. The number of nitrogens with one attached hydrogen (secondary N) is 1. The Morgan fingerprint density at radius 1 is 0.974 bits per heavy atom. The zero-order valence-electron chi connectivity index (χ0n) is 22.6. The number of aryl methyl sites for hydroxylation is 1. The van der Waals surface area contributed by atoms with Gasteiger partial charge in [-0.05, 0) is 67.0 Å². The van der Waals surface area contributed by atoms with Crippen LogP contribution in [0.5, 0.6) is 23.0 Å². The first kappa shape index (κ1) is 27.7. The molecule has 2 atom stereocenters. The molecule has 1 aliphatic carbocycles. The Morgan fingerprint density at radius 3 is 2.37 bits per heavy atom. The minimum Gasteiger partial charge on any atom is -0.493 e. The molecule has 1 heterocycles. The number of amides is 1. The molecule has 1 N–H and O–H groups in total. The van der Waals surface area contributed by atoms with Gasteiger partial charge in [-0.15, -0.1) is 0 Å². The van der Waals surface area contributed by atoms with Gasteiger partial charge in [-0.1, -0.05) is 6.07 Å². The van der Waals surface area contributed by atoms with Crippen LogP contribution < -0.4 is 29.7 Å². The molecule has 1 amide bonds. The van der Waals surface area contributed by atoms with Gasteiger partial charge < -0.3 is 29.0 Å². The van der Waals surface area contributed by atoms with E-state index in [9.17, 15) is 9.59 Å². The molecular weight excluding hydrogens is 492 g/mol. The maximum atomic E-state index is 13.3. The lowest BCUT2D eigenvalue weighted by atomic mass is 9.95. The molecule has 2 aromatic rings. The second-order valence-electron chi connectivity index (χ2n) is 9.20. The van der Waals surface area contributed by atoms with Crippen molar-refractivity contribution < 1.29 is 33.3 Å². The van der Waals surface area contributed by atoms with Crippen molar-refractivity contribution in [2.24, 2.45) is 0 Å². The lowest BCUT2D eigenvalue weighted by Crippen LogP contribution is -2.45. The molecule has 10 heteroatoms. The van der Waals surface area contributed by atoms with Crippen LogP contribution in [0.2, 0.25) is 0 Å². The molecule has 2 aliphatic rings. The molecule has 1 fully saturated rings. The third kappa shape index (κ3) is 5.57. The van der Waals surface area contributed by atoms with Crippen molar-refractivity contribution in [3.8, 4) is 34.1 Å². The summed E-state index contributed by atoms with van der Waals surface area (Å²) in [6, 6.07) is 6.45. The van der Waals surface area contributed by atoms with E-state index >= 15 is 0 Å². The van der Waals surface area contributed by atoms with Gasteiger partial charge in [-0.25, -0.2) is 0 Å². The summed E-state index contributed by atoms with van der Waals surface area (Å²) in [6.45, 7) is 0.636. The summed E-state index contributed by atoms with van der Waals surface area (Å²) in [4.78, 5) is 31.8. The van der Waals surface area contributed by atoms with Gasteiger partial charge in [0.25, 0.3) is 0 Å². The molecular formula is C28H36N2O8. The highest BCUT2D eigenvalue weighted by molar-refractivity contribution is 5.84. The standard InChI is InChI=1S/C28H36N2O8/c1-33-22-12-10-18-19(15-21(22)31)20(29-24(32)16-30(37-5)25-8-6-7-13-38-25)11-9-17-14-23(34-2)27(35-3)28(36-4)26(17)18/h10,12,14-15,20,25H,6-9,11,13,16H2,1-5H3,(H,29,32)/t20-,25+/m0/s1. The molecule has 10 nitrogen and oxygen atoms in total. The fraction of sp³-hybridized carbons (Fsp3) is 0.500. The summed E-state index contributed by atoms with van der Waals surface area (Å²) in [5, 5.41) is 4.69. The molecule has 0 radical (unpaired) electrons. The number of rotatable bonds is 9. The maximum absolute atomic E-state index is 13.3. The van der Waals surface area contributed by atoms with E-state index < -0.39 is 6.04 Å².